The average Bonchev–Trinajstić information content (AvgIpc) is 3.05. The predicted molar refractivity (Wildman–Crippen MR) is 81.3 cm³/mol. The van der Waals surface area contributed by atoms with E-state index in [-0.39, 0.29) is 23.0 Å². The highest BCUT2D eigenvalue weighted by molar-refractivity contribution is 5.87. The third kappa shape index (κ3) is 3.16. The van der Waals surface area contributed by atoms with Crippen LogP contribution in [-0.4, -0.2) is 21.3 Å². The molecular formula is C17H13NO5. The fourth-order valence-electron chi connectivity index (χ4n) is 2.08. The Kier molecular flexibility index (Phi) is 3.97. The van der Waals surface area contributed by atoms with E-state index in [0.29, 0.717) is 12.2 Å². The number of nitrogens with zero attached hydrogens (tertiary/aromatic N) is 1. The number of para-hydroxylation sites is 1. The number of rotatable bonds is 5. The normalized spacial score (nSPS) is 10.4. The quantitative estimate of drug-likeness (QED) is 0.751. The molecule has 0 bridgehead atoms. The van der Waals surface area contributed by atoms with Crippen molar-refractivity contribution >= 4 is 5.97 Å². The molecule has 0 unspecified atom stereocenters. The van der Waals surface area contributed by atoms with Crippen molar-refractivity contribution in [3.8, 4) is 22.8 Å². The van der Waals surface area contributed by atoms with Crippen molar-refractivity contribution in [2.45, 2.75) is 6.61 Å². The molecule has 3 rings (SSSR count). The van der Waals surface area contributed by atoms with Crippen LogP contribution in [0.5, 0.6) is 11.5 Å². The standard InChI is InChI=1S/C17H13NO5/c19-16-12(15-9-13(17(20)21)18-23-15)7-4-8-14(16)22-10-11-5-2-1-3-6-11/h1-9,19H,10H2,(H,20,21). The summed E-state index contributed by atoms with van der Waals surface area (Å²) >= 11 is 0. The molecule has 0 aliphatic rings. The minimum Gasteiger partial charge on any atom is -0.504 e. The first kappa shape index (κ1) is 14.6. The Bertz CT molecular complexity index is 826. The van der Waals surface area contributed by atoms with Gasteiger partial charge in [0, 0.05) is 6.07 Å². The largest absolute Gasteiger partial charge is 0.504 e. The van der Waals surface area contributed by atoms with Gasteiger partial charge >= 0.3 is 5.97 Å². The van der Waals surface area contributed by atoms with Gasteiger partial charge in [0.2, 0.25) is 0 Å². The smallest absolute Gasteiger partial charge is 0.358 e. The molecule has 0 fully saturated rings. The van der Waals surface area contributed by atoms with Crippen LogP contribution in [0.25, 0.3) is 11.3 Å². The van der Waals surface area contributed by atoms with Crippen LogP contribution in [0.1, 0.15) is 16.1 Å². The topological polar surface area (TPSA) is 92.8 Å². The SMILES string of the molecule is O=C(O)c1cc(-c2cccc(OCc3ccccc3)c2O)on1. The summed E-state index contributed by atoms with van der Waals surface area (Å²) in [5, 5.41) is 22.6. The number of benzene rings is 2. The summed E-state index contributed by atoms with van der Waals surface area (Å²) in [7, 11) is 0. The summed E-state index contributed by atoms with van der Waals surface area (Å²) < 4.78 is 10.6. The summed E-state index contributed by atoms with van der Waals surface area (Å²) in [6, 6.07) is 15.7. The van der Waals surface area contributed by atoms with Crippen molar-refractivity contribution in [2.24, 2.45) is 0 Å². The summed E-state index contributed by atoms with van der Waals surface area (Å²) in [6.45, 7) is 0.300. The Hall–Kier alpha value is -3.28. The zero-order valence-electron chi connectivity index (χ0n) is 12.0. The van der Waals surface area contributed by atoms with Gasteiger partial charge in [-0.05, 0) is 17.7 Å². The van der Waals surface area contributed by atoms with Gasteiger partial charge in [0.25, 0.3) is 0 Å². The monoisotopic (exact) mass is 311 g/mol. The highest BCUT2D eigenvalue weighted by Crippen LogP contribution is 2.37. The average molecular weight is 311 g/mol. The molecular weight excluding hydrogens is 298 g/mol. The van der Waals surface area contributed by atoms with E-state index in [2.05, 4.69) is 5.16 Å². The number of phenolic OH excluding ortho intramolecular Hbond substituents is 1. The third-order valence-corrected chi connectivity index (χ3v) is 3.23. The van der Waals surface area contributed by atoms with E-state index < -0.39 is 5.97 Å². The molecule has 0 radical (unpaired) electrons. The Balaban J connectivity index is 1.84. The van der Waals surface area contributed by atoms with E-state index in [1.807, 2.05) is 30.3 Å². The number of aromatic hydroxyl groups is 1. The van der Waals surface area contributed by atoms with Gasteiger partial charge in [-0.25, -0.2) is 4.79 Å². The molecule has 1 heterocycles. The van der Waals surface area contributed by atoms with Gasteiger partial charge in [0.05, 0.1) is 5.56 Å². The highest BCUT2D eigenvalue weighted by Gasteiger charge is 2.17. The molecule has 6 nitrogen and oxygen atoms in total. The van der Waals surface area contributed by atoms with Crippen LogP contribution in [-0.2, 0) is 6.61 Å². The minimum atomic E-state index is -1.20. The van der Waals surface area contributed by atoms with Crippen LogP contribution in [0.2, 0.25) is 0 Å². The Labute approximate surface area is 131 Å². The second-order valence-corrected chi connectivity index (χ2v) is 4.81. The number of hydrogen-bond acceptors (Lipinski definition) is 5. The Morgan fingerprint density at radius 1 is 1.13 bits per heavy atom. The molecule has 0 saturated heterocycles. The van der Waals surface area contributed by atoms with Crippen LogP contribution in [0.4, 0.5) is 0 Å². The minimum absolute atomic E-state index is 0.128. The summed E-state index contributed by atoms with van der Waals surface area (Å²) in [5.74, 6) is -0.891. The van der Waals surface area contributed by atoms with E-state index in [4.69, 9.17) is 14.4 Å². The maximum atomic E-state index is 10.8. The lowest BCUT2D eigenvalue weighted by Crippen LogP contribution is -1.96. The Morgan fingerprint density at radius 3 is 2.61 bits per heavy atom. The van der Waals surface area contributed by atoms with Crippen LogP contribution in [0, 0.1) is 0 Å². The molecule has 6 heteroatoms. The molecule has 2 N–H and O–H groups in total. The zero-order valence-corrected chi connectivity index (χ0v) is 12.0. The molecule has 0 spiro atoms. The third-order valence-electron chi connectivity index (χ3n) is 3.23. The number of ether oxygens (including phenoxy) is 1. The van der Waals surface area contributed by atoms with Crippen LogP contribution in [0.15, 0.2) is 59.1 Å². The van der Waals surface area contributed by atoms with Gasteiger partial charge < -0.3 is 19.5 Å². The fraction of sp³-hybridized carbons (Fsp3) is 0.0588. The fourth-order valence-corrected chi connectivity index (χ4v) is 2.08. The van der Waals surface area contributed by atoms with Gasteiger partial charge in [-0.1, -0.05) is 41.6 Å². The summed E-state index contributed by atoms with van der Waals surface area (Å²) in [5.41, 5.74) is 1.05. The maximum Gasteiger partial charge on any atom is 0.358 e. The van der Waals surface area contributed by atoms with E-state index in [9.17, 15) is 9.90 Å². The number of phenols is 1. The zero-order chi connectivity index (χ0) is 16.2. The van der Waals surface area contributed by atoms with Gasteiger partial charge in [0.15, 0.2) is 23.0 Å². The second kappa shape index (κ2) is 6.23. The van der Waals surface area contributed by atoms with Crippen LogP contribution < -0.4 is 4.74 Å². The molecule has 0 amide bonds. The second-order valence-electron chi connectivity index (χ2n) is 4.81. The van der Waals surface area contributed by atoms with Crippen molar-refractivity contribution in [1.29, 1.82) is 0 Å². The van der Waals surface area contributed by atoms with Gasteiger partial charge in [-0.2, -0.15) is 0 Å². The first-order valence-electron chi connectivity index (χ1n) is 6.84. The maximum absolute atomic E-state index is 10.8. The van der Waals surface area contributed by atoms with E-state index in [1.165, 1.54) is 6.07 Å². The van der Waals surface area contributed by atoms with Gasteiger partial charge in [0.1, 0.15) is 6.61 Å². The number of hydrogen-bond donors (Lipinski definition) is 2. The van der Waals surface area contributed by atoms with Crippen molar-refractivity contribution in [2.75, 3.05) is 0 Å². The van der Waals surface area contributed by atoms with Gasteiger partial charge in [-0.15, -0.1) is 0 Å². The number of carboxylic acids is 1. The molecule has 1 aromatic heterocycles. The van der Waals surface area contributed by atoms with E-state index >= 15 is 0 Å². The number of aromatic carboxylic acids is 1. The first-order chi connectivity index (χ1) is 11.1. The first-order valence-corrected chi connectivity index (χ1v) is 6.84. The summed E-state index contributed by atoms with van der Waals surface area (Å²) in [6.07, 6.45) is 0. The molecule has 0 saturated carbocycles. The lowest BCUT2D eigenvalue weighted by atomic mass is 10.1. The van der Waals surface area contributed by atoms with Crippen molar-refractivity contribution in [3.63, 3.8) is 0 Å². The molecule has 0 aliphatic carbocycles. The highest BCUT2D eigenvalue weighted by atomic mass is 16.5. The molecule has 116 valence electrons. The number of aromatic nitrogens is 1. The number of carbonyl (C=O) groups is 1. The van der Waals surface area contributed by atoms with Crippen molar-refractivity contribution in [1.82, 2.24) is 5.16 Å². The van der Waals surface area contributed by atoms with E-state index in [0.717, 1.165) is 5.56 Å². The molecule has 0 aliphatic heterocycles. The molecule has 2 aromatic carbocycles. The van der Waals surface area contributed by atoms with Gasteiger partial charge in [-0.3, -0.25) is 0 Å². The predicted octanol–water partition coefficient (Wildman–Crippen LogP) is 3.32. The molecule has 23 heavy (non-hydrogen) atoms. The Morgan fingerprint density at radius 2 is 1.91 bits per heavy atom. The van der Waals surface area contributed by atoms with Crippen LogP contribution >= 0.6 is 0 Å². The lowest BCUT2D eigenvalue weighted by Gasteiger charge is -2.10. The van der Waals surface area contributed by atoms with Crippen molar-refractivity contribution in [3.05, 3.63) is 65.9 Å². The van der Waals surface area contributed by atoms with Crippen LogP contribution in [0.3, 0.4) is 0 Å². The molecule has 0 atom stereocenters. The summed E-state index contributed by atoms with van der Waals surface area (Å²) in [4.78, 5) is 10.8. The van der Waals surface area contributed by atoms with Crippen molar-refractivity contribution < 1.29 is 24.3 Å². The van der Waals surface area contributed by atoms with E-state index in [1.54, 1.807) is 18.2 Å². The number of carboxylic acid groups (broad SMARTS) is 1. The lowest BCUT2D eigenvalue weighted by molar-refractivity contribution is 0.0686. The molecule has 3 aromatic rings.